The Balaban J connectivity index is 1.94. The van der Waals surface area contributed by atoms with Crippen LogP contribution in [0.4, 0.5) is 0 Å². The van der Waals surface area contributed by atoms with Crippen molar-refractivity contribution in [2.24, 2.45) is 46.6 Å². The average molecular weight is 1900 g/mol. The molecule has 1 aromatic rings. The van der Waals surface area contributed by atoms with Crippen LogP contribution in [0, 0.1) is 34.5 Å². The predicted molar refractivity (Wildman–Crippen MR) is 484 cm³/mol. The maximum Gasteiger partial charge on any atom is 0.326 e. The molecule has 48 heteroatoms. The first-order valence-corrected chi connectivity index (χ1v) is 45.4. The number of benzene rings is 1. The summed E-state index contributed by atoms with van der Waals surface area (Å²) in [5, 5.41) is 102. The number of carboxylic acid groups (broad SMARTS) is 5. The largest absolute Gasteiger partial charge is 0.481 e. The lowest BCUT2D eigenvalue weighted by Crippen LogP contribution is -2.61. The van der Waals surface area contributed by atoms with Crippen molar-refractivity contribution < 1.29 is 121 Å². The van der Waals surface area contributed by atoms with Crippen molar-refractivity contribution in [2.75, 3.05) is 39.3 Å². The monoisotopic (exact) mass is 1900 g/mol. The third kappa shape index (κ3) is 42.7. The van der Waals surface area contributed by atoms with E-state index in [0.717, 1.165) is 0 Å². The predicted octanol–water partition coefficient (Wildman–Crippen LogP) is -4.12. The second-order valence-electron chi connectivity index (χ2n) is 34.9. The second kappa shape index (κ2) is 59.6. The van der Waals surface area contributed by atoms with Gasteiger partial charge < -0.3 is 138 Å². The van der Waals surface area contributed by atoms with Crippen molar-refractivity contribution >= 4 is 130 Å². The molecular weight excluding hydrogens is 1760 g/mol. The maximum absolute atomic E-state index is 14.8. The van der Waals surface area contributed by atoms with Gasteiger partial charge in [-0.15, -0.1) is 0 Å². The van der Waals surface area contributed by atoms with Gasteiger partial charge in [-0.05, 0) is 158 Å². The lowest BCUT2D eigenvalue weighted by Gasteiger charge is -2.34. The minimum atomic E-state index is -1.86. The summed E-state index contributed by atoms with van der Waals surface area (Å²) in [5.74, 6) is -23.4. The highest BCUT2D eigenvalue weighted by Crippen LogP contribution is 2.28. The Labute approximate surface area is 777 Å². The summed E-state index contributed by atoms with van der Waals surface area (Å²) in [6.45, 7) is 14.4. The molecule has 1 aromatic carbocycles. The second-order valence-corrected chi connectivity index (χ2v) is 34.9. The topological polar surface area (TPSA) is 781 Å². The van der Waals surface area contributed by atoms with Crippen LogP contribution in [-0.2, 0) is 102 Å². The fourth-order valence-electron chi connectivity index (χ4n) is 14.8. The molecule has 0 bridgehead atoms. The molecule has 2 saturated heterocycles. The van der Waals surface area contributed by atoms with Crippen LogP contribution in [0.25, 0.3) is 0 Å². The molecule has 0 spiro atoms. The number of carbonyl (C=O) groups is 20. The third-order valence-corrected chi connectivity index (χ3v) is 22.2. The standard InChI is InChI=1S/C86H141N23O25/c1-10-48(8)69(81(130)105-60(43-50-20-12-11-13-21-50)72(121)95-44-64(110)97-54(28-32-66(113)114)75(124)102-57(84(133)134)22-14-15-35-87)107-70(119)49(9)96-73(122)52(23-16-36-93-85(89)90)99-78(127)58(40-45(2)3)104-79(128)59(41-46(4)5)103-74(123)53(24-17-37-94-86(91)92)98-76(125)55(29-33-67(115)116)100-77(126)56(30-34-68(117)118)101-80(129)62-25-18-38-108(62)83(132)63-26-19-39-109(63)82(131)61(42-47(6)7)106-71(120)51(88)27-31-65(111)112/h11-13,20-21,45-49,51-63,69H,10,14-19,22-44,87-88H2,1-9H3,(H,95,121)(H,96,122)(H,97,110)(H,98,125)(H,99,127)(H,100,126)(H,101,129)(H,102,124)(H,103,123)(H,104,128)(H,105,130)(H,106,120)(H,107,119)(H,111,112)(H,113,114)(H,115,116)(H,117,118)(H,133,134)(H4,89,90,93)(H4,91,92,94)/t48-,49-,51-,52-,53-,54-,55-,56-,57-,58-,59-,60-,61-,62-,63-,69-/m0/s1. The number of hydrogen-bond donors (Lipinski definition) is 26. The summed E-state index contributed by atoms with van der Waals surface area (Å²) in [5.41, 5.74) is 23.1. The lowest BCUT2D eigenvalue weighted by molar-refractivity contribution is -0.148. The first kappa shape index (κ1) is 115. The van der Waals surface area contributed by atoms with E-state index in [0.29, 0.717) is 24.8 Å². The molecule has 30 N–H and O–H groups in total. The number of amides is 15. The number of hydrogen-bond acceptors (Lipinski definition) is 24. The first-order valence-electron chi connectivity index (χ1n) is 45.4. The Morgan fingerprint density at radius 1 is 0.410 bits per heavy atom. The highest BCUT2D eigenvalue weighted by Gasteiger charge is 2.46. The Hall–Kier alpha value is -12.9. The van der Waals surface area contributed by atoms with E-state index in [-0.39, 0.29) is 134 Å². The van der Waals surface area contributed by atoms with Crippen molar-refractivity contribution in [3.8, 4) is 0 Å². The summed E-state index contributed by atoms with van der Waals surface area (Å²) in [6.07, 6.45) is -3.66. The van der Waals surface area contributed by atoms with Crippen LogP contribution in [-0.4, -0.2) is 296 Å². The normalized spacial score (nSPS) is 16.6. The van der Waals surface area contributed by atoms with Gasteiger partial charge in [0.1, 0.15) is 84.6 Å². The highest BCUT2D eigenvalue weighted by atomic mass is 16.4. The van der Waals surface area contributed by atoms with Crippen molar-refractivity contribution in [1.29, 1.82) is 10.8 Å². The smallest absolute Gasteiger partial charge is 0.326 e. The molecule has 750 valence electrons. The maximum atomic E-state index is 14.8. The zero-order valence-electron chi connectivity index (χ0n) is 77.7. The fourth-order valence-corrected chi connectivity index (χ4v) is 14.8. The number of rotatable bonds is 63. The molecule has 0 aromatic heterocycles. The van der Waals surface area contributed by atoms with Crippen LogP contribution in [0.3, 0.4) is 0 Å². The quantitative estimate of drug-likeness (QED) is 0.0167. The Kier molecular flexibility index (Phi) is 51.2. The highest BCUT2D eigenvalue weighted by molar-refractivity contribution is 6.01. The van der Waals surface area contributed by atoms with Gasteiger partial charge in [-0.1, -0.05) is 92.1 Å². The summed E-state index contributed by atoms with van der Waals surface area (Å²) in [7, 11) is 0. The number of guanidine groups is 2. The number of likely N-dealkylation sites (tertiary alicyclic amines) is 2. The third-order valence-electron chi connectivity index (χ3n) is 22.2. The van der Waals surface area contributed by atoms with Gasteiger partial charge in [-0.3, -0.25) is 102 Å². The van der Waals surface area contributed by atoms with Crippen LogP contribution in [0.2, 0.25) is 0 Å². The van der Waals surface area contributed by atoms with E-state index in [9.17, 15) is 116 Å². The molecule has 0 radical (unpaired) electrons. The van der Waals surface area contributed by atoms with Gasteiger partial charge in [-0.25, -0.2) is 4.79 Å². The van der Waals surface area contributed by atoms with Crippen molar-refractivity contribution in [1.82, 2.24) is 89.6 Å². The molecule has 0 aliphatic carbocycles. The Morgan fingerprint density at radius 3 is 1.26 bits per heavy atom. The molecule has 16 atom stereocenters. The summed E-state index contributed by atoms with van der Waals surface area (Å²) < 4.78 is 0. The van der Waals surface area contributed by atoms with E-state index in [4.69, 9.17) is 38.9 Å². The molecule has 15 amide bonds. The summed E-state index contributed by atoms with van der Waals surface area (Å²) in [6, 6.07) is -13.8. The molecule has 2 aliphatic rings. The van der Waals surface area contributed by atoms with Gasteiger partial charge >= 0.3 is 29.8 Å². The van der Waals surface area contributed by atoms with Gasteiger partial charge in [-0.2, -0.15) is 0 Å². The van der Waals surface area contributed by atoms with Crippen molar-refractivity contribution in [2.45, 2.75) is 307 Å². The van der Waals surface area contributed by atoms with Gasteiger partial charge in [0.05, 0.1) is 12.6 Å². The van der Waals surface area contributed by atoms with E-state index in [1.165, 1.54) is 16.7 Å². The molecular formula is C86H141N23O25. The number of nitrogens with two attached hydrogens (primary N) is 4. The van der Waals surface area contributed by atoms with E-state index in [1.807, 2.05) is 0 Å². The molecule has 3 rings (SSSR count). The molecule has 2 fully saturated rings. The number of aliphatic carboxylic acids is 5. The fraction of sp³-hybridized carbons (Fsp3) is 0.674. The molecule has 2 aliphatic heterocycles. The molecule has 134 heavy (non-hydrogen) atoms. The molecule has 0 unspecified atom stereocenters. The number of unbranched alkanes of at least 4 members (excludes halogenated alkanes) is 1. The average Bonchev–Trinajstić information content (AvgIpc) is 1.65. The summed E-state index contributed by atoms with van der Waals surface area (Å²) >= 11 is 0. The minimum absolute atomic E-state index is 0.00245. The van der Waals surface area contributed by atoms with Crippen molar-refractivity contribution in [3.05, 3.63) is 35.9 Å². The van der Waals surface area contributed by atoms with E-state index in [1.54, 1.807) is 85.7 Å². The number of nitrogens with one attached hydrogen (secondary N) is 17. The van der Waals surface area contributed by atoms with Gasteiger partial charge in [0.15, 0.2) is 11.9 Å². The zero-order valence-corrected chi connectivity index (χ0v) is 77.7. The van der Waals surface area contributed by atoms with Crippen LogP contribution in [0.1, 0.15) is 216 Å². The number of nitrogens with zero attached hydrogens (tertiary/aromatic N) is 2. The Morgan fingerprint density at radius 2 is 0.806 bits per heavy atom. The number of carboxylic acids is 5. The molecule has 0 saturated carbocycles. The first-order chi connectivity index (χ1) is 63.1. The van der Waals surface area contributed by atoms with E-state index in [2.05, 4.69) is 79.8 Å². The van der Waals surface area contributed by atoms with E-state index < -0.39 is 284 Å². The van der Waals surface area contributed by atoms with Crippen LogP contribution in [0.15, 0.2) is 30.3 Å². The van der Waals surface area contributed by atoms with Crippen LogP contribution >= 0.6 is 0 Å². The zero-order chi connectivity index (χ0) is 101. The van der Waals surface area contributed by atoms with E-state index >= 15 is 0 Å². The van der Waals surface area contributed by atoms with Crippen molar-refractivity contribution in [3.63, 3.8) is 0 Å². The van der Waals surface area contributed by atoms with Crippen LogP contribution in [0.5, 0.6) is 0 Å². The molecule has 48 nitrogen and oxygen atoms in total. The van der Waals surface area contributed by atoms with Crippen LogP contribution < -0.4 is 103 Å². The number of carbonyl (C=O) groups excluding carboxylic acids is 15. The Bertz CT molecular complexity index is 4200. The SMILES string of the molecule is CC[C@H](C)[C@H](NC(=O)[C@H](C)NC(=O)[C@H](CCCNC(=N)N)NC(=O)[C@H](CC(C)C)NC(=O)[C@H](CC(C)C)NC(=O)[C@H](CCCNC(=N)N)NC(=O)[C@H](CCC(=O)O)NC(=O)[C@H](CCC(=O)O)NC(=O)[C@@H]1CCCN1C(=O)[C@@H]1CCCN1C(=O)[C@H](CC(C)C)NC(=O)[C@@H](N)CCC(=O)O)C(=O)N[C@@H](Cc1ccccc1)C(=O)NCC(=O)N[C@@H](CCC(=O)O)C(=O)N[C@@H](CCCCN)C(=O)O. The molecule has 2 heterocycles. The van der Waals surface area contributed by atoms with Gasteiger partial charge in [0.2, 0.25) is 88.6 Å². The summed E-state index contributed by atoms with van der Waals surface area (Å²) in [4.78, 5) is 276. The lowest BCUT2D eigenvalue weighted by atomic mass is 9.96. The van der Waals surface area contributed by atoms with Gasteiger partial charge in [0.25, 0.3) is 0 Å². The van der Waals surface area contributed by atoms with Gasteiger partial charge in [0, 0.05) is 58.3 Å². The minimum Gasteiger partial charge on any atom is -0.481 e.